The van der Waals surface area contributed by atoms with Gasteiger partial charge in [-0.3, -0.25) is 13.9 Å². The molecule has 1 saturated carbocycles. The Labute approximate surface area is 213 Å². The van der Waals surface area contributed by atoms with Crippen LogP contribution in [0.3, 0.4) is 0 Å². The molecule has 1 atom stereocenters. The Morgan fingerprint density at radius 1 is 1.09 bits per heavy atom. The van der Waals surface area contributed by atoms with Gasteiger partial charge in [-0.1, -0.05) is 61.7 Å². The summed E-state index contributed by atoms with van der Waals surface area (Å²) >= 11 is 6.03. The molecule has 2 aromatic rings. The van der Waals surface area contributed by atoms with Crippen molar-refractivity contribution in [3.63, 3.8) is 0 Å². The largest absolute Gasteiger partial charge is 0.352 e. The van der Waals surface area contributed by atoms with Crippen LogP contribution in [0.4, 0.5) is 5.69 Å². The monoisotopic (exact) mass is 519 g/mol. The summed E-state index contributed by atoms with van der Waals surface area (Å²) in [6, 6.07) is 13.5. The summed E-state index contributed by atoms with van der Waals surface area (Å²) in [4.78, 5) is 28.5. The molecule has 190 valence electrons. The zero-order valence-corrected chi connectivity index (χ0v) is 22.1. The zero-order chi connectivity index (χ0) is 25.6. The van der Waals surface area contributed by atoms with Crippen molar-refractivity contribution in [1.29, 1.82) is 0 Å². The maximum atomic E-state index is 13.7. The Balaban J connectivity index is 1.92. The van der Waals surface area contributed by atoms with E-state index in [4.69, 9.17) is 11.6 Å². The topological polar surface area (TPSA) is 86.8 Å². The first-order valence-corrected chi connectivity index (χ1v) is 14.2. The summed E-state index contributed by atoms with van der Waals surface area (Å²) in [5.74, 6) is -0.648. The van der Waals surface area contributed by atoms with Gasteiger partial charge in [-0.05, 0) is 55.5 Å². The number of anilines is 1. The van der Waals surface area contributed by atoms with Gasteiger partial charge >= 0.3 is 0 Å². The van der Waals surface area contributed by atoms with Crippen LogP contribution >= 0.6 is 11.6 Å². The third kappa shape index (κ3) is 7.21. The van der Waals surface area contributed by atoms with Crippen LogP contribution in [0.1, 0.15) is 50.2 Å². The molecule has 35 heavy (non-hydrogen) atoms. The van der Waals surface area contributed by atoms with Crippen LogP contribution in [0.2, 0.25) is 5.02 Å². The first-order chi connectivity index (χ1) is 16.6. The third-order valence-corrected chi connectivity index (χ3v) is 7.80. The van der Waals surface area contributed by atoms with Crippen molar-refractivity contribution in [2.45, 2.75) is 64.6 Å². The van der Waals surface area contributed by atoms with E-state index < -0.39 is 28.5 Å². The van der Waals surface area contributed by atoms with Gasteiger partial charge in [0.2, 0.25) is 21.8 Å². The van der Waals surface area contributed by atoms with Crippen molar-refractivity contribution in [3.8, 4) is 0 Å². The molecule has 0 aliphatic heterocycles. The molecule has 7 nitrogen and oxygen atoms in total. The number of rotatable bonds is 10. The number of carbonyl (C=O) groups excluding carboxylic acids is 2. The molecule has 1 N–H and O–H groups in total. The van der Waals surface area contributed by atoms with Gasteiger partial charge in [0.1, 0.15) is 12.6 Å². The second-order valence-corrected chi connectivity index (χ2v) is 11.5. The fraction of sp³-hybridized carbons (Fsp3) is 0.462. The first-order valence-electron chi connectivity index (χ1n) is 12.0. The summed E-state index contributed by atoms with van der Waals surface area (Å²) in [6.07, 6.45) is 5.51. The number of benzene rings is 2. The van der Waals surface area contributed by atoms with Gasteiger partial charge in [0.15, 0.2) is 0 Å². The molecule has 3 rings (SSSR count). The number of sulfonamides is 1. The molecule has 0 saturated heterocycles. The van der Waals surface area contributed by atoms with E-state index in [-0.39, 0.29) is 18.5 Å². The van der Waals surface area contributed by atoms with Gasteiger partial charge in [0.05, 0.1) is 11.9 Å². The first kappa shape index (κ1) is 27.0. The highest BCUT2D eigenvalue weighted by molar-refractivity contribution is 7.92. The van der Waals surface area contributed by atoms with Crippen molar-refractivity contribution < 1.29 is 18.0 Å². The SMILES string of the molecule is CC[C@H](C(=O)NC1CCCC1)N(Cc1ccc(Cl)cc1)C(=O)CN(c1ccccc1C)S(C)(=O)=O. The van der Waals surface area contributed by atoms with E-state index in [1.54, 1.807) is 49.4 Å². The van der Waals surface area contributed by atoms with E-state index in [0.717, 1.165) is 47.4 Å². The molecule has 1 aliphatic carbocycles. The smallest absolute Gasteiger partial charge is 0.244 e. The minimum absolute atomic E-state index is 0.114. The van der Waals surface area contributed by atoms with Crippen LogP contribution < -0.4 is 9.62 Å². The standard InChI is InChI=1S/C26H34ClN3O4S/c1-4-23(26(32)28-22-10-6-7-11-22)29(17-20-13-15-21(27)16-14-20)25(31)18-30(35(3,33)34)24-12-8-5-9-19(24)2/h5,8-9,12-16,22-23H,4,6-7,10-11,17-18H2,1-3H3,(H,28,32)/t23-/m1/s1. The van der Waals surface area contributed by atoms with Crippen LogP contribution in [-0.2, 0) is 26.2 Å². The fourth-order valence-electron chi connectivity index (χ4n) is 4.51. The van der Waals surface area contributed by atoms with Crippen LogP contribution in [-0.4, -0.2) is 50.0 Å². The normalized spacial score (nSPS) is 15.0. The fourth-order valence-corrected chi connectivity index (χ4v) is 5.54. The van der Waals surface area contributed by atoms with Crippen LogP contribution in [0.25, 0.3) is 0 Å². The molecule has 0 radical (unpaired) electrons. The van der Waals surface area contributed by atoms with Crippen molar-refractivity contribution in [1.82, 2.24) is 10.2 Å². The van der Waals surface area contributed by atoms with Gasteiger partial charge in [-0.25, -0.2) is 8.42 Å². The molecule has 9 heteroatoms. The number of amides is 2. The predicted molar refractivity (Wildman–Crippen MR) is 140 cm³/mol. The average molecular weight is 520 g/mol. The second-order valence-electron chi connectivity index (χ2n) is 9.12. The number of aryl methyl sites for hydroxylation is 1. The number of halogens is 1. The van der Waals surface area contributed by atoms with Gasteiger partial charge in [-0.15, -0.1) is 0 Å². The van der Waals surface area contributed by atoms with Gasteiger partial charge in [-0.2, -0.15) is 0 Å². The van der Waals surface area contributed by atoms with E-state index in [9.17, 15) is 18.0 Å². The van der Waals surface area contributed by atoms with Crippen LogP contribution in [0.5, 0.6) is 0 Å². The Morgan fingerprint density at radius 2 is 1.71 bits per heavy atom. The Bertz CT molecular complexity index is 1130. The quantitative estimate of drug-likeness (QED) is 0.507. The Hall–Kier alpha value is -2.58. The van der Waals surface area contributed by atoms with Crippen LogP contribution in [0.15, 0.2) is 48.5 Å². The summed E-state index contributed by atoms with van der Waals surface area (Å²) < 4.78 is 26.5. The summed E-state index contributed by atoms with van der Waals surface area (Å²) in [7, 11) is -3.75. The average Bonchev–Trinajstić information content (AvgIpc) is 3.31. The number of hydrogen-bond acceptors (Lipinski definition) is 4. The molecule has 2 aromatic carbocycles. The number of nitrogens with zero attached hydrogens (tertiary/aromatic N) is 2. The number of carbonyl (C=O) groups is 2. The van der Waals surface area contributed by atoms with Crippen LogP contribution in [0, 0.1) is 6.92 Å². The Kier molecular flexibility index (Phi) is 9.19. The van der Waals surface area contributed by atoms with E-state index in [0.29, 0.717) is 17.1 Å². The maximum absolute atomic E-state index is 13.7. The number of nitrogens with one attached hydrogen (secondary N) is 1. The molecule has 0 bridgehead atoms. The molecule has 0 unspecified atom stereocenters. The molecular weight excluding hydrogens is 486 g/mol. The molecule has 0 spiro atoms. The summed E-state index contributed by atoms with van der Waals surface area (Å²) in [5.41, 5.74) is 1.98. The molecule has 1 aliphatic rings. The van der Waals surface area contributed by atoms with Crippen molar-refractivity contribution in [2.24, 2.45) is 0 Å². The summed E-state index contributed by atoms with van der Waals surface area (Å²) in [5, 5.41) is 3.67. The zero-order valence-electron chi connectivity index (χ0n) is 20.5. The minimum Gasteiger partial charge on any atom is -0.352 e. The lowest BCUT2D eigenvalue weighted by atomic mass is 10.1. The van der Waals surface area contributed by atoms with Gasteiger partial charge in [0, 0.05) is 17.6 Å². The van der Waals surface area contributed by atoms with E-state index >= 15 is 0 Å². The minimum atomic E-state index is -3.75. The highest BCUT2D eigenvalue weighted by Gasteiger charge is 2.33. The van der Waals surface area contributed by atoms with Crippen molar-refractivity contribution >= 4 is 39.1 Å². The van der Waals surface area contributed by atoms with E-state index in [1.165, 1.54) is 4.90 Å². The number of hydrogen-bond donors (Lipinski definition) is 1. The lowest BCUT2D eigenvalue weighted by Crippen LogP contribution is -2.53. The molecule has 0 aromatic heterocycles. The maximum Gasteiger partial charge on any atom is 0.244 e. The molecular formula is C26H34ClN3O4S. The van der Waals surface area contributed by atoms with Crippen molar-refractivity contribution in [3.05, 3.63) is 64.7 Å². The highest BCUT2D eigenvalue weighted by atomic mass is 35.5. The molecule has 1 fully saturated rings. The van der Waals surface area contributed by atoms with Crippen molar-refractivity contribution in [2.75, 3.05) is 17.1 Å². The lowest BCUT2D eigenvalue weighted by Gasteiger charge is -2.33. The van der Waals surface area contributed by atoms with Gasteiger partial charge < -0.3 is 10.2 Å². The van der Waals surface area contributed by atoms with E-state index in [2.05, 4.69) is 5.32 Å². The third-order valence-electron chi connectivity index (χ3n) is 6.42. The lowest BCUT2D eigenvalue weighted by molar-refractivity contribution is -0.140. The van der Waals surface area contributed by atoms with Gasteiger partial charge in [0.25, 0.3) is 0 Å². The summed E-state index contributed by atoms with van der Waals surface area (Å²) in [6.45, 7) is 3.42. The molecule has 2 amide bonds. The molecule has 0 heterocycles. The predicted octanol–water partition coefficient (Wildman–Crippen LogP) is 4.28. The Morgan fingerprint density at radius 3 is 2.29 bits per heavy atom. The highest BCUT2D eigenvalue weighted by Crippen LogP contribution is 2.24. The second kappa shape index (κ2) is 11.9. The number of para-hydroxylation sites is 1. The van der Waals surface area contributed by atoms with E-state index in [1.807, 2.05) is 13.0 Å².